The fourth-order valence-corrected chi connectivity index (χ4v) is 2.54. The van der Waals surface area contributed by atoms with E-state index in [-0.39, 0.29) is 24.2 Å². The molecule has 3 rings (SSSR count). The molecule has 2 amide bonds. The third-order valence-corrected chi connectivity index (χ3v) is 4.00. The maximum atomic E-state index is 12.4. The van der Waals surface area contributed by atoms with Crippen molar-refractivity contribution in [3.63, 3.8) is 0 Å². The van der Waals surface area contributed by atoms with Crippen LogP contribution in [0.1, 0.15) is 12.0 Å². The van der Waals surface area contributed by atoms with E-state index in [1.54, 1.807) is 24.3 Å². The molecule has 0 fully saturated rings. The monoisotopic (exact) mass is 356 g/mol. The van der Waals surface area contributed by atoms with Crippen LogP contribution in [0.3, 0.4) is 0 Å². The van der Waals surface area contributed by atoms with E-state index in [1.165, 1.54) is 0 Å². The smallest absolute Gasteiger partial charge is 0.249 e. The highest BCUT2D eigenvalue weighted by molar-refractivity contribution is 6.33. The van der Waals surface area contributed by atoms with Gasteiger partial charge in [-0.2, -0.15) is 0 Å². The number of aliphatic imine (C=N–C) groups is 1. The predicted molar refractivity (Wildman–Crippen MR) is 98.9 cm³/mol. The van der Waals surface area contributed by atoms with E-state index in [0.717, 1.165) is 11.3 Å². The van der Waals surface area contributed by atoms with Crippen LogP contribution in [0.4, 0.5) is 11.4 Å². The summed E-state index contributed by atoms with van der Waals surface area (Å²) in [6, 6.07) is 13.7. The van der Waals surface area contributed by atoms with Gasteiger partial charge in [0.15, 0.2) is 0 Å². The third kappa shape index (κ3) is 4.36. The summed E-state index contributed by atoms with van der Waals surface area (Å²) < 4.78 is 0. The van der Waals surface area contributed by atoms with Crippen molar-refractivity contribution in [1.82, 2.24) is 5.32 Å². The summed E-state index contributed by atoms with van der Waals surface area (Å²) in [5.41, 5.74) is 2.39. The molecule has 0 saturated carbocycles. The number of nitrogens with one attached hydrogen (secondary N) is 3. The largest absolute Gasteiger partial charge is 0.326 e. The Hall–Kier alpha value is -2.86. The second-order valence-corrected chi connectivity index (χ2v) is 6.11. The van der Waals surface area contributed by atoms with Gasteiger partial charge in [-0.15, -0.1) is 0 Å². The number of carbonyl (C=O) groups is 2. The van der Waals surface area contributed by atoms with Crippen molar-refractivity contribution in [2.45, 2.75) is 19.4 Å². The van der Waals surface area contributed by atoms with Gasteiger partial charge in [-0.3, -0.25) is 14.9 Å². The Bertz CT molecular complexity index is 833. The molecule has 7 heteroatoms. The summed E-state index contributed by atoms with van der Waals surface area (Å²) in [6.07, 6.45) is -0.0185. The molecular weight excluding hydrogens is 340 g/mol. The van der Waals surface area contributed by atoms with E-state index in [4.69, 9.17) is 11.6 Å². The number of halogens is 1. The molecule has 2 aromatic carbocycles. The Morgan fingerprint density at radius 3 is 2.64 bits per heavy atom. The summed E-state index contributed by atoms with van der Waals surface area (Å²) in [5.74, 6) is -0.408. The second-order valence-electron chi connectivity index (χ2n) is 5.71. The standard InChI is InChI=1S/C18H17ClN4O2/c1-11-6-8-12(9-7-11)20-18-22-15(10-16(24)23-18)17(25)21-14-5-3-2-4-13(14)19/h2-9,15H,10H2,1H3,(H,21,25)(H2,20,22,23,24)/t15-/m1/s1. The lowest BCUT2D eigenvalue weighted by Crippen LogP contribution is -2.45. The molecule has 2 aromatic rings. The second kappa shape index (κ2) is 7.36. The predicted octanol–water partition coefficient (Wildman–Crippen LogP) is 2.94. The lowest BCUT2D eigenvalue weighted by atomic mass is 10.1. The number of nitrogens with zero attached hydrogens (tertiary/aromatic N) is 1. The molecule has 0 spiro atoms. The van der Waals surface area contributed by atoms with Gasteiger partial charge in [0.2, 0.25) is 17.8 Å². The highest BCUT2D eigenvalue weighted by atomic mass is 35.5. The summed E-state index contributed by atoms with van der Waals surface area (Å²) in [7, 11) is 0. The van der Waals surface area contributed by atoms with Crippen molar-refractivity contribution in [3.05, 3.63) is 59.1 Å². The minimum absolute atomic E-state index is 0.0185. The van der Waals surface area contributed by atoms with E-state index in [0.29, 0.717) is 10.7 Å². The molecule has 0 radical (unpaired) electrons. The number of rotatable bonds is 3. The Morgan fingerprint density at radius 2 is 1.92 bits per heavy atom. The minimum atomic E-state index is -0.821. The number of benzene rings is 2. The fourth-order valence-electron chi connectivity index (χ4n) is 2.36. The van der Waals surface area contributed by atoms with Gasteiger partial charge < -0.3 is 10.6 Å². The van der Waals surface area contributed by atoms with Crippen molar-refractivity contribution in [1.29, 1.82) is 0 Å². The van der Waals surface area contributed by atoms with E-state index in [9.17, 15) is 9.59 Å². The SMILES string of the molecule is Cc1ccc(NC2=N[C@@H](C(=O)Nc3ccccc3Cl)CC(=O)N2)cc1. The molecule has 1 aliphatic heterocycles. The molecule has 0 aromatic heterocycles. The molecule has 1 aliphatic rings. The normalized spacial score (nSPS) is 16.6. The lowest BCUT2D eigenvalue weighted by Gasteiger charge is -2.21. The van der Waals surface area contributed by atoms with E-state index in [2.05, 4.69) is 20.9 Å². The molecule has 128 valence electrons. The first-order chi connectivity index (χ1) is 12.0. The first kappa shape index (κ1) is 17.0. The molecule has 0 aliphatic carbocycles. The Morgan fingerprint density at radius 1 is 1.20 bits per heavy atom. The van der Waals surface area contributed by atoms with E-state index < -0.39 is 6.04 Å². The number of carbonyl (C=O) groups excluding carboxylic acids is 2. The van der Waals surface area contributed by atoms with Crippen LogP contribution in [0.5, 0.6) is 0 Å². The van der Waals surface area contributed by atoms with Crippen molar-refractivity contribution in [2.75, 3.05) is 10.6 Å². The van der Waals surface area contributed by atoms with Crippen molar-refractivity contribution < 1.29 is 9.59 Å². The van der Waals surface area contributed by atoms with Crippen LogP contribution < -0.4 is 16.0 Å². The molecule has 0 bridgehead atoms. The zero-order chi connectivity index (χ0) is 17.8. The topological polar surface area (TPSA) is 82.6 Å². The van der Waals surface area contributed by atoms with Crippen LogP contribution in [0.2, 0.25) is 5.02 Å². The average Bonchev–Trinajstić information content (AvgIpc) is 2.58. The number of amides is 2. The van der Waals surface area contributed by atoms with Gasteiger partial charge in [-0.05, 0) is 31.2 Å². The Balaban J connectivity index is 1.74. The van der Waals surface area contributed by atoms with Gasteiger partial charge >= 0.3 is 0 Å². The number of hydrogen-bond acceptors (Lipinski definition) is 4. The van der Waals surface area contributed by atoms with Gasteiger partial charge in [0.1, 0.15) is 6.04 Å². The Labute approximate surface area is 150 Å². The summed E-state index contributed by atoms with van der Waals surface area (Å²) >= 11 is 6.04. The molecule has 3 N–H and O–H groups in total. The van der Waals surface area contributed by atoms with Gasteiger partial charge in [0.25, 0.3) is 0 Å². The molecule has 25 heavy (non-hydrogen) atoms. The van der Waals surface area contributed by atoms with E-state index in [1.807, 2.05) is 31.2 Å². The number of guanidine groups is 1. The molecule has 0 unspecified atom stereocenters. The Kier molecular flexibility index (Phi) is 5.00. The number of para-hydroxylation sites is 1. The molecule has 6 nitrogen and oxygen atoms in total. The van der Waals surface area contributed by atoms with Crippen LogP contribution in [0.25, 0.3) is 0 Å². The van der Waals surface area contributed by atoms with Crippen LogP contribution in [0.15, 0.2) is 53.5 Å². The van der Waals surface area contributed by atoms with Crippen LogP contribution in [0, 0.1) is 6.92 Å². The number of hydrogen-bond donors (Lipinski definition) is 3. The third-order valence-electron chi connectivity index (χ3n) is 3.67. The number of aryl methyl sites for hydroxylation is 1. The summed E-state index contributed by atoms with van der Waals surface area (Å²) in [4.78, 5) is 28.6. The maximum Gasteiger partial charge on any atom is 0.249 e. The van der Waals surface area contributed by atoms with Crippen molar-refractivity contribution in [3.8, 4) is 0 Å². The zero-order valence-corrected chi connectivity index (χ0v) is 14.3. The van der Waals surface area contributed by atoms with Crippen LogP contribution in [-0.4, -0.2) is 23.8 Å². The maximum absolute atomic E-state index is 12.4. The molecule has 0 saturated heterocycles. The first-order valence-electron chi connectivity index (χ1n) is 7.78. The van der Waals surface area contributed by atoms with Crippen molar-refractivity contribution in [2.24, 2.45) is 4.99 Å². The van der Waals surface area contributed by atoms with Gasteiger partial charge in [-0.1, -0.05) is 41.4 Å². The minimum Gasteiger partial charge on any atom is -0.326 e. The van der Waals surface area contributed by atoms with Crippen LogP contribution >= 0.6 is 11.6 Å². The van der Waals surface area contributed by atoms with Gasteiger partial charge in [0.05, 0.1) is 17.1 Å². The van der Waals surface area contributed by atoms with Gasteiger partial charge in [0, 0.05) is 5.69 Å². The molecule has 1 atom stereocenters. The fraction of sp³-hybridized carbons (Fsp3) is 0.167. The highest BCUT2D eigenvalue weighted by Gasteiger charge is 2.27. The first-order valence-corrected chi connectivity index (χ1v) is 8.16. The van der Waals surface area contributed by atoms with Crippen molar-refractivity contribution >= 4 is 40.7 Å². The lowest BCUT2D eigenvalue weighted by molar-refractivity contribution is -0.124. The van der Waals surface area contributed by atoms with Gasteiger partial charge in [-0.25, -0.2) is 4.99 Å². The van der Waals surface area contributed by atoms with Crippen LogP contribution in [-0.2, 0) is 9.59 Å². The quantitative estimate of drug-likeness (QED) is 0.790. The summed E-state index contributed by atoms with van der Waals surface area (Å²) in [6.45, 7) is 1.98. The number of anilines is 2. The summed E-state index contributed by atoms with van der Waals surface area (Å²) in [5, 5.41) is 8.78. The molecular formula is C18H17ClN4O2. The molecule has 1 heterocycles. The van der Waals surface area contributed by atoms with E-state index >= 15 is 0 Å². The zero-order valence-electron chi connectivity index (χ0n) is 13.5. The highest BCUT2D eigenvalue weighted by Crippen LogP contribution is 2.21. The average molecular weight is 357 g/mol.